The number of piperidine rings is 1. The SMILES string of the molecule is Cc1cnc(N2CCC(c3ncn[nH]3)CC2)nc1. The number of rotatable bonds is 2. The first-order valence-corrected chi connectivity index (χ1v) is 6.22. The number of hydrogen-bond donors (Lipinski definition) is 1. The van der Waals surface area contributed by atoms with Gasteiger partial charge in [-0.05, 0) is 25.3 Å². The second kappa shape index (κ2) is 4.72. The summed E-state index contributed by atoms with van der Waals surface area (Å²) < 4.78 is 0. The Bertz CT molecular complexity index is 484. The third-order valence-electron chi connectivity index (χ3n) is 3.37. The monoisotopic (exact) mass is 244 g/mol. The van der Waals surface area contributed by atoms with Crippen LogP contribution in [0.4, 0.5) is 5.95 Å². The van der Waals surface area contributed by atoms with Crippen LogP contribution in [0.15, 0.2) is 18.7 Å². The summed E-state index contributed by atoms with van der Waals surface area (Å²) in [6.07, 6.45) is 7.43. The van der Waals surface area contributed by atoms with Crippen LogP contribution in [-0.2, 0) is 0 Å². The number of anilines is 1. The summed E-state index contributed by atoms with van der Waals surface area (Å²) in [6, 6.07) is 0. The number of nitrogens with one attached hydrogen (secondary N) is 1. The molecular weight excluding hydrogens is 228 g/mol. The molecule has 0 aliphatic carbocycles. The molecule has 0 bridgehead atoms. The highest BCUT2D eigenvalue weighted by atomic mass is 15.3. The third kappa shape index (κ3) is 2.18. The van der Waals surface area contributed by atoms with E-state index in [0.717, 1.165) is 43.3 Å². The molecule has 0 amide bonds. The average Bonchev–Trinajstić information content (AvgIpc) is 2.94. The predicted octanol–water partition coefficient (Wildman–Crippen LogP) is 1.29. The molecule has 0 atom stereocenters. The van der Waals surface area contributed by atoms with Crippen molar-refractivity contribution in [3.8, 4) is 0 Å². The first-order chi connectivity index (χ1) is 8.83. The van der Waals surface area contributed by atoms with Crippen LogP contribution in [0.5, 0.6) is 0 Å². The highest BCUT2D eigenvalue weighted by Crippen LogP contribution is 2.26. The minimum absolute atomic E-state index is 0.481. The largest absolute Gasteiger partial charge is 0.341 e. The highest BCUT2D eigenvalue weighted by Gasteiger charge is 2.23. The van der Waals surface area contributed by atoms with Crippen LogP contribution in [0.2, 0.25) is 0 Å². The van der Waals surface area contributed by atoms with Crippen molar-refractivity contribution in [2.75, 3.05) is 18.0 Å². The summed E-state index contributed by atoms with van der Waals surface area (Å²) in [7, 11) is 0. The van der Waals surface area contributed by atoms with Gasteiger partial charge in [-0.1, -0.05) is 0 Å². The molecule has 1 aliphatic heterocycles. The van der Waals surface area contributed by atoms with Gasteiger partial charge in [0.25, 0.3) is 0 Å². The van der Waals surface area contributed by atoms with Crippen molar-refractivity contribution in [3.63, 3.8) is 0 Å². The molecule has 1 aliphatic rings. The first kappa shape index (κ1) is 11.1. The van der Waals surface area contributed by atoms with Gasteiger partial charge in [-0.15, -0.1) is 0 Å². The Hall–Kier alpha value is -1.98. The van der Waals surface area contributed by atoms with Crippen molar-refractivity contribution in [2.24, 2.45) is 0 Å². The molecule has 0 unspecified atom stereocenters. The normalized spacial score (nSPS) is 17.1. The molecule has 6 heteroatoms. The van der Waals surface area contributed by atoms with Crippen molar-refractivity contribution < 1.29 is 0 Å². The number of H-pyrrole nitrogens is 1. The molecule has 2 aromatic rings. The predicted molar refractivity (Wildman–Crippen MR) is 67.3 cm³/mol. The van der Waals surface area contributed by atoms with Crippen LogP contribution in [0.3, 0.4) is 0 Å². The van der Waals surface area contributed by atoms with Crippen molar-refractivity contribution >= 4 is 5.95 Å². The maximum atomic E-state index is 4.37. The lowest BCUT2D eigenvalue weighted by atomic mass is 9.96. The maximum Gasteiger partial charge on any atom is 0.225 e. The van der Waals surface area contributed by atoms with E-state index < -0.39 is 0 Å². The molecule has 0 saturated carbocycles. The lowest BCUT2D eigenvalue weighted by molar-refractivity contribution is 0.481. The minimum atomic E-state index is 0.481. The van der Waals surface area contributed by atoms with Crippen molar-refractivity contribution in [1.82, 2.24) is 25.1 Å². The number of nitrogens with zero attached hydrogens (tertiary/aromatic N) is 5. The number of aromatic amines is 1. The lowest BCUT2D eigenvalue weighted by Gasteiger charge is -2.30. The topological polar surface area (TPSA) is 70.6 Å². The Morgan fingerprint density at radius 2 is 1.89 bits per heavy atom. The Morgan fingerprint density at radius 1 is 1.17 bits per heavy atom. The maximum absolute atomic E-state index is 4.37. The molecule has 3 heterocycles. The van der Waals surface area contributed by atoms with Crippen LogP contribution in [0, 0.1) is 6.92 Å². The quantitative estimate of drug-likeness (QED) is 0.861. The van der Waals surface area contributed by atoms with Crippen molar-refractivity contribution in [1.29, 1.82) is 0 Å². The zero-order chi connectivity index (χ0) is 12.4. The summed E-state index contributed by atoms with van der Waals surface area (Å²) in [4.78, 5) is 15.2. The molecule has 0 radical (unpaired) electrons. The van der Waals surface area contributed by atoms with Gasteiger partial charge >= 0.3 is 0 Å². The van der Waals surface area contributed by atoms with Crippen LogP contribution >= 0.6 is 0 Å². The van der Waals surface area contributed by atoms with Gasteiger partial charge in [0.2, 0.25) is 5.95 Å². The average molecular weight is 244 g/mol. The number of aryl methyl sites for hydroxylation is 1. The molecule has 94 valence electrons. The minimum Gasteiger partial charge on any atom is -0.341 e. The summed E-state index contributed by atoms with van der Waals surface area (Å²) in [5, 5.41) is 6.87. The molecule has 1 N–H and O–H groups in total. The molecule has 18 heavy (non-hydrogen) atoms. The van der Waals surface area contributed by atoms with Gasteiger partial charge < -0.3 is 4.90 Å². The second-order valence-corrected chi connectivity index (χ2v) is 4.69. The van der Waals surface area contributed by atoms with Gasteiger partial charge in [-0.25, -0.2) is 15.0 Å². The van der Waals surface area contributed by atoms with Crippen molar-refractivity contribution in [2.45, 2.75) is 25.7 Å². The fourth-order valence-electron chi connectivity index (χ4n) is 2.31. The zero-order valence-corrected chi connectivity index (χ0v) is 10.4. The molecule has 0 spiro atoms. The Kier molecular flexibility index (Phi) is 2.92. The van der Waals surface area contributed by atoms with Crippen LogP contribution in [0.1, 0.15) is 30.1 Å². The Labute approximate surface area is 105 Å². The van der Waals surface area contributed by atoms with Gasteiger partial charge in [0.05, 0.1) is 0 Å². The molecule has 1 saturated heterocycles. The fraction of sp³-hybridized carbons (Fsp3) is 0.500. The Morgan fingerprint density at radius 3 is 2.50 bits per heavy atom. The van der Waals surface area contributed by atoms with Gasteiger partial charge in [0.1, 0.15) is 12.2 Å². The van der Waals surface area contributed by atoms with E-state index in [9.17, 15) is 0 Å². The standard InChI is InChI=1S/C12H16N6/c1-9-6-13-12(14-7-9)18-4-2-10(3-5-18)11-15-8-16-17-11/h6-8,10H,2-5H2,1H3,(H,15,16,17). The molecule has 3 rings (SSSR count). The van der Waals surface area contributed by atoms with Crippen LogP contribution < -0.4 is 4.90 Å². The van der Waals surface area contributed by atoms with E-state index in [-0.39, 0.29) is 0 Å². The van der Waals surface area contributed by atoms with E-state index in [2.05, 4.69) is 30.0 Å². The van der Waals surface area contributed by atoms with Crippen LogP contribution in [0.25, 0.3) is 0 Å². The molecular formula is C12H16N6. The van der Waals surface area contributed by atoms with E-state index >= 15 is 0 Å². The number of aromatic nitrogens is 5. The Balaban J connectivity index is 1.65. The lowest BCUT2D eigenvalue weighted by Crippen LogP contribution is -2.34. The molecule has 0 aromatic carbocycles. The first-order valence-electron chi connectivity index (χ1n) is 6.22. The molecule has 2 aromatic heterocycles. The van der Waals surface area contributed by atoms with Gasteiger partial charge in [0, 0.05) is 31.4 Å². The summed E-state index contributed by atoms with van der Waals surface area (Å²) >= 11 is 0. The molecule has 6 nitrogen and oxygen atoms in total. The second-order valence-electron chi connectivity index (χ2n) is 4.69. The number of hydrogen-bond acceptors (Lipinski definition) is 5. The van der Waals surface area contributed by atoms with E-state index in [4.69, 9.17) is 0 Å². The van der Waals surface area contributed by atoms with Crippen molar-refractivity contribution in [3.05, 3.63) is 30.1 Å². The summed E-state index contributed by atoms with van der Waals surface area (Å²) in [5.41, 5.74) is 1.09. The molecule has 1 fully saturated rings. The van der Waals surface area contributed by atoms with E-state index in [0.29, 0.717) is 5.92 Å². The van der Waals surface area contributed by atoms with Crippen LogP contribution in [-0.4, -0.2) is 38.2 Å². The van der Waals surface area contributed by atoms with E-state index in [1.807, 2.05) is 19.3 Å². The summed E-state index contributed by atoms with van der Waals surface area (Å²) in [6.45, 7) is 3.93. The highest BCUT2D eigenvalue weighted by molar-refractivity contribution is 5.30. The van der Waals surface area contributed by atoms with Gasteiger partial charge in [-0.3, -0.25) is 5.10 Å². The smallest absolute Gasteiger partial charge is 0.225 e. The zero-order valence-electron chi connectivity index (χ0n) is 10.4. The van der Waals surface area contributed by atoms with Gasteiger partial charge in [-0.2, -0.15) is 5.10 Å². The third-order valence-corrected chi connectivity index (χ3v) is 3.37. The fourth-order valence-corrected chi connectivity index (χ4v) is 2.31. The summed E-state index contributed by atoms with van der Waals surface area (Å²) in [5.74, 6) is 2.31. The van der Waals surface area contributed by atoms with E-state index in [1.54, 1.807) is 6.33 Å². The van der Waals surface area contributed by atoms with Gasteiger partial charge in [0.15, 0.2) is 0 Å². The van der Waals surface area contributed by atoms with E-state index in [1.165, 1.54) is 0 Å².